The van der Waals surface area contributed by atoms with Crippen molar-refractivity contribution in [1.29, 1.82) is 0 Å². The molecule has 0 unspecified atom stereocenters. The Bertz CT molecular complexity index is 1370. The Morgan fingerprint density at radius 3 is 2.60 bits per heavy atom. The van der Waals surface area contributed by atoms with Crippen molar-refractivity contribution in [2.24, 2.45) is 5.16 Å². The van der Waals surface area contributed by atoms with Gasteiger partial charge in [-0.2, -0.15) is 0 Å². The molecule has 0 aliphatic carbocycles. The second-order valence-electron chi connectivity index (χ2n) is 8.94. The van der Waals surface area contributed by atoms with E-state index < -0.39 is 11.6 Å². The topological polar surface area (TPSA) is 81.8 Å². The van der Waals surface area contributed by atoms with Gasteiger partial charge in [-0.05, 0) is 24.6 Å². The van der Waals surface area contributed by atoms with Gasteiger partial charge in [0.1, 0.15) is 22.6 Å². The van der Waals surface area contributed by atoms with E-state index >= 15 is 0 Å². The molecule has 3 heterocycles. The van der Waals surface area contributed by atoms with Crippen molar-refractivity contribution in [1.82, 2.24) is 4.90 Å². The maximum Gasteiger partial charge on any atom is 0.253 e. The predicted molar refractivity (Wildman–Crippen MR) is 126 cm³/mol. The summed E-state index contributed by atoms with van der Waals surface area (Å²) in [7, 11) is 3.30. The molecule has 5 rings (SSSR count). The highest BCUT2D eigenvalue weighted by atomic mass is 19.1. The number of rotatable bonds is 4. The molecule has 184 valence electrons. The minimum Gasteiger partial charge on any atom is -0.440 e. The highest BCUT2D eigenvalue weighted by Gasteiger charge is 2.26. The standard InChI is InChI=1S/C25H26F2N4O4/c1-29(2)25(32)15-9-16(14-31-4-3-18-20(27)11-17(26)12-22(18)31)24-19(10-15)21(28-33)13-23(35-24)30-5-7-34-8-6-30/h9-13,33H,3-8,14H2,1-2H3. The molecule has 2 aliphatic heterocycles. The lowest BCUT2D eigenvalue weighted by Gasteiger charge is -2.28. The summed E-state index contributed by atoms with van der Waals surface area (Å²) in [5.41, 5.74) is 2.43. The van der Waals surface area contributed by atoms with Gasteiger partial charge in [-0.25, -0.2) is 8.78 Å². The van der Waals surface area contributed by atoms with E-state index in [-0.39, 0.29) is 17.8 Å². The van der Waals surface area contributed by atoms with E-state index in [1.807, 2.05) is 9.80 Å². The highest BCUT2D eigenvalue weighted by molar-refractivity contribution is 5.98. The first-order valence-corrected chi connectivity index (χ1v) is 11.4. The first-order valence-electron chi connectivity index (χ1n) is 11.4. The number of carbonyl (C=O) groups excluding carboxylic acids is 1. The maximum atomic E-state index is 14.3. The highest BCUT2D eigenvalue weighted by Crippen LogP contribution is 2.34. The molecule has 0 atom stereocenters. The van der Waals surface area contributed by atoms with Crippen molar-refractivity contribution in [3.8, 4) is 0 Å². The van der Waals surface area contributed by atoms with Crippen molar-refractivity contribution in [2.75, 3.05) is 56.7 Å². The molecule has 0 spiro atoms. The third-order valence-corrected chi connectivity index (χ3v) is 6.46. The number of carbonyl (C=O) groups is 1. The minimum atomic E-state index is -0.643. The van der Waals surface area contributed by atoms with E-state index in [0.717, 1.165) is 6.07 Å². The zero-order valence-electron chi connectivity index (χ0n) is 19.6. The third kappa shape index (κ3) is 4.29. The number of hydrogen-bond donors (Lipinski definition) is 1. The van der Waals surface area contributed by atoms with Crippen molar-refractivity contribution in [3.05, 3.63) is 64.0 Å². The van der Waals surface area contributed by atoms with E-state index in [4.69, 9.17) is 9.15 Å². The number of halogens is 2. The molecule has 1 aromatic heterocycles. The average Bonchev–Trinajstić information content (AvgIpc) is 3.26. The fourth-order valence-electron chi connectivity index (χ4n) is 4.71. The van der Waals surface area contributed by atoms with Crippen LogP contribution in [0.25, 0.3) is 11.0 Å². The SMILES string of the molecule is CN(C)C(=O)c1cc(CN2CCc3c(F)cc(F)cc32)c2oc(N3CCOCC3)cc(=NO)c2c1. The summed E-state index contributed by atoms with van der Waals surface area (Å²) in [5.74, 6) is -0.923. The van der Waals surface area contributed by atoms with Gasteiger partial charge in [-0.1, -0.05) is 5.16 Å². The molecule has 2 aromatic carbocycles. The number of nitrogens with zero attached hydrogens (tertiary/aromatic N) is 4. The third-order valence-electron chi connectivity index (χ3n) is 6.46. The van der Waals surface area contributed by atoms with Crippen LogP contribution in [0.5, 0.6) is 0 Å². The summed E-state index contributed by atoms with van der Waals surface area (Å²) < 4.78 is 40.1. The normalized spacial score (nSPS) is 16.2. The van der Waals surface area contributed by atoms with E-state index in [9.17, 15) is 18.8 Å². The van der Waals surface area contributed by atoms with Crippen LogP contribution in [0.1, 0.15) is 21.5 Å². The van der Waals surface area contributed by atoms with Crippen LogP contribution in [0, 0.1) is 11.6 Å². The van der Waals surface area contributed by atoms with E-state index in [0.29, 0.717) is 78.5 Å². The molecule has 0 radical (unpaired) electrons. The molecule has 8 nitrogen and oxygen atoms in total. The Labute approximate surface area is 200 Å². The number of benzene rings is 2. The summed E-state index contributed by atoms with van der Waals surface area (Å²) in [6, 6.07) is 7.23. The van der Waals surface area contributed by atoms with Crippen LogP contribution < -0.4 is 15.2 Å². The summed E-state index contributed by atoms with van der Waals surface area (Å²) in [4.78, 5) is 18.2. The molecule has 2 aliphatic rings. The zero-order valence-corrected chi connectivity index (χ0v) is 19.6. The van der Waals surface area contributed by atoms with Gasteiger partial charge in [-0.15, -0.1) is 0 Å². The van der Waals surface area contributed by atoms with Crippen LogP contribution in [-0.4, -0.2) is 63.0 Å². The van der Waals surface area contributed by atoms with E-state index in [2.05, 4.69) is 5.16 Å². The summed E-state index contributed by atoms with van der Waals surface area (Å²) in [6.45, 7) is 3.06. The Hall–Kier alpha value is -3.66. The Balaban J connectivity index is 1.67. The Morgan fingerprint density at radius 1 is 1.11 bits per heavy atom. The summed E-state index contributed by atoms with van der Waals surface area (Å²) in [5, 5.41) is 14.0. The van der Waals surface area contributed by atoms with Crippen molar-refractivity contribution in [3.63, 3.8) is 0 Å². The molecule has 0 bridgehead atoms. The minimum absolute atomic E-state index is 0.229. The van der Waals surface area contributed by atoms with Gasteiger partial charge in [0.15, 0.2) is 5.88 Å². The van der Waals surface area contributed by atoms with Crippen LogP contribution in [0.15, 0.2) is 39.9 Å². The molecule has 1 amide bonds. The lowest BCUT2D eigenvalue weighted by atomic mass is 10.0. The maximum absolute atomic E-state index is 14.3. The van der Waals surface area contributed by atoms with Crippen LogP contribution in [0.4, 0.5) is 20.4 Å². The molecule has 10 heteroatoms. The number of ether oxygens (including phenoxy) is 1. The summed E-state index contributed by atoms with van der Waals surface area (Å²) in [6.07, 6.45) is 0.448. The fraction of sp³-hybridized carbons (Fsp3) is 0.360. The number of fused-ring (bicyclic) bond motifs is 2. The van der Waals surface area contributed by atoms with Gasteiger partial charge >= 0.3 is 0 Å². The second-order valence-corrected chi connectivity index (χ2v) is 8.94. The van der Waals surface area contributed by atoms with Gasteiger partial charge < -0.3 is 29.1 Å². The van der Waals surface area contributed by atoms with Crippen molar-refractivity contribution >= 4 is 28.4 Å². The van der Waals surface area contributed by atoms with E-state index in [1.54, 1.807) is 32.3 Å². The number of hydrogen-bond acceptors (Lipinski definition) is 7. The van der Waals surface area contributed by atoms with Crippen LogP contribution in [0.3, 0.4) is 0 Å². The zero-order chi connectivity index (χ0) is 24.7. The molecule has 3 aromatic rings. The number of morpholine rings is 1. The number of anilines is 2. The smallest absolute Gasteiger partial charge is 0.253 e. The fourth-order valence-corrected chi connectivity index (χ4v) is 4.71. The first-order chi connectivity index (χ1) is 16.9. The van der Waals surface area contributed by atoms with Gasteiger partial charge in [0.25, 0.3) is 5.91 Å². The molecule has 1 fully saturated rings. The van der Waals surface area contributed by atoms with Crippen LogP contribution >= 0.6 is 0 Å². The van der Waals surface area contributed by atoms with Gasteiger partial charge in [0.05, 0.1) is 13.2 Å². The lowest BCUT2D eigenvalue weighted by molar-refractivity contribution is 0.0827. The lowest BCUT2D eigenvalue weighted by Crippen LogP contribution is -2.36. The molecule has 0 saturated carbocycles. The second kappa shape index (κ2) is 9.18. The summed E-state index contributed by atoms with van der Waals surface area (Å²) >= 11 is 0. The molecular weight excluding hydrogens is 458 g/mol. The predicted octanol–water partition coefficient (Wildman–Crippen LogP) is 3.10. The molecule has 1 N–H and O–H groups in total. The van der Waals surface area contributed by atoms with Crippen molar-refractivity contribution in [2.45, 2.75) is 13.0 Å². The van der Waals surface area contributed by atoms with E-state index in [1.165, 1.54) is 11.0 Å². The molecular formula is C25H26F2N4O4. The molecule has 1 saturated heterocycles. The van der Waals surface area contributed by atoms with Gasteiger partial charge in [0, 0.05) is 80.2 Å². The Kier molecular flexibility index (Phi) is 6.06. The van der Waals surface area contributed by atoms with Gasteiger partial charge in [0.2, 0.25) is 0 Å². The quantitative estimate of drug-likeness (QED) is 0.453. The largest absolute Gasteiger partial charge is 0.440 e. The van der Waals surface area contributed by atoms with Gasteiger partial charge in [-0.3, -0.25) is 4.79 Å². The average molecular weight is 485 g/mol. The Morgan fingerprint density at radius 2 is 1.89 bits per heavy atom. The van der Waals surface area contributed by atoms with Crippen molar-refractivity contribution < 1.29 is 27.9 Å². The van der Waals surface area contributed by atoms with Crippen LogP contribution in [0.2, 0.25) is 0 Å². The number of amides is 1. The first kappa shape index (κ1) is 23.1. The molecule has 35 heavy (non-hydrogen) atoms. The van der Waals surface area contributed by atoms with Crippen LogP contribution in [-0.2, 0) is 17.7 Å². The monoisotopic (exact) mass is 484 g/mol.